The quantitative estimate of drug-likeness (QED) is 0.401. The van der Waals surface area contributed by atoms with Gasteiger partial charge in [-0.3, -0.25) is 4.90 Å². The van der Waals surface area contributed by atoms with Gasteiger partial charge >= 0.3 is 0 Å². The Labute approximate surface area is 63.9 Å². The lowest BCUT2D eigenvalue weighted by Gasteiger charge is -2.37. The van der Waals surface area contributed by atoms with Crippen LogP contribution in [0.1, 0.15) is 0 Å². The van der Waals surface area contributed by atoms with Crippen LogP contribution in [0.2, 0.25) is 0 Å². The molecule has 0 spiro atoms. The normalized spacial score (nSPS) is 47.7. The van der Waals surface area contributed by atoms with E-state index in [9.17, 15) is 4.39 Å². The molecule has 5 heteroatoms. The summed E-state index contributed by atoms with van der Waals surface area (Å²) >= 11 is 0. The molecule has 0 saturated carbocycles. The van der Waals surface area contributed by atoms with Gasteiger partial charge in [0.2, 0.25) is 0 Å². The molecule has 0 amide bonds. The predicted octanol–water partition coefficient (Wildman–Crippen LogP) is -1.69. The van der Waals surface area contributed by atoms with Crippen molar-refractivity contribution in [2.45, 2.75) is 24.6 Å². The highest BCUT2D eigenvalue weighted by Crippen LogP contribution is 2.17. The Hall–Kier alpha value is -0.230. The van der Waals surface area contributed by atoms with Crippen LogP contribution in [0.25, 0.3) is 0 Å². The standard InChI is InChI=1S/C6H12FNO3/c1-8-2-3(7)4(9)5(10)6(8)11/h3-6,9-11H,2H2,1H3. The molecule has 4 atom stereocenters. The van der Waals surface area contributed by atoms with Gasteiger partial charge in [0, 0.05) is 6.54 Å². The largest absolute Gasteiger partial charge is 0.387 e. The van der Waals surface area contributed by atoms with Crippen LogP contribution in [0.4, 0.5) is 4.39 Å². The van der Waals surface area contributed by atoms with E-state index in [1.165, 1.54) is 11.9 Å². The first-order valence-corrected chi connectivity index (χ1v) is 3.42. The van der Waals surface area contributed by atoms with Crippen molar-refractivity contribution >= 4 is 0 Å². The highest BCUT2D eigenvalue weighted by atomic mass is 19.1. The number of rotatable bonds is 0. The summed E-state index contributed by atoms with van der Waals surface area (Å²) in [5.74, 6) is 0. The third-order valence-electron chi connectivity index (χ3n) is 1.94. The van der Waals surface area contributed by atoms with Crippen LogP contribution >= 0.6 is 0 Å². The molecule has 1 heterocycles. The van der Waals surface area contributed by atoms with Crippen molar-refractivity contribution in [1.82, 2.24) is 4.90 Å². The molecule has 0 aromatic heterocycles. The number of alkyl halides is 1. The minimum atomic E-state index is -1.49. The molecular weight excluding hydrogens is 153 g/mol. The molecule has 0 aromatic carbocycles. The summed E-state index contributed by atoms with van der Waals surface area (Å²) in [5.41, 5.74) is 0. The number of aliphatic hydroxyl groups is 3. The van der Waals surface area contributed by atoms with Crippen molar-refractivity contribution in [3.05, 3.63) is 0 Å². The maximum absolute atomic E-state index is 12.7. The van der Waals surface area contributed by atoms with Gasteiger partial charge in [0.25, 0.3) is 0 Å². The summed E-state index contributed by atoms with van der Waals surface area (Å²) in [6.07, 6.45) is -5.54. The second-order valence-corrected chi connectivity index (χ2v) is 2.85. The van der Waals surface area contributed by atoms with Gasteiger partial charge in [0.05, 0.1) is 0 Å². The SMILES string of the molecule is CN1CC(F)C(O)C(O)C1O. The van der Waals surface area contributed by atoms with E-state index in [1.54, 1.807) is 0 Å². The maximum Gasteiger partial charge on any atom is 0.141 e. The Morgan fingerprint density at radius 3 is 2.36 bits per heavy atom. The van der Waals surface area contributed by atoms with E-state index in [-0.39, 0.29) is 6.54 Å². The number of nitrogens with zero attached hydrogens (tertiary/aromatic N) is 1. The van der Waals surface area contributed by atoms with Crippen molar-refractivity contribution in [2.24, 2.45) is 0 Å². The molecule has 0 radical (unpaired) electrons. The second kappa shape index (κ2) is 3.02. The highest BCUT2D eigenvalue weighted by molar-refractivity contribution is 4.87. The average Bonchev–Trinajstić information content (AvgIpc) is 1.97. The van der Waals surface area contributed by atoms with Crippen molar-refractivity contribution in [1.29, 1.82) is 0 Å². The first-order chi connectivity index (χ1) is 5.04. The molecule has 1 aliphatic rings. The lowest BCUT2D eigenvalue weighted by molar-refractivity contribution is -0.172. The first-order valence-electron chi connectivity index (χ1n) is 3.42. The van der Waals surface area contributed by atoms with Crippen molar-refractivity contribution in [3.63, 3.8) is 0 Å². The average molecular weight is 165 g/mol. The number of aliphatic hydroxyl groups excluding tert-OH is 3. The highest BCUT2D eigenvalue weighted by Gasteiger charge is 2.39. The summed E-state index contributed by atoms with van der Waals surface area (Å²) in [7, 11) is 1.48. The molecule has 1 saturated heterocycles. The third-order valence-corrected chi connectivity index (χ3v) is 1.94. The summed E-state index contributed by atoms with van der Waals surface area (Å²) in [4.78, 5) is 1.25. The van der Waals surface area contributed by atoms with Crippen molar-refractivity contribution < 1.29 is 19.7 Å². The molecular formula is C6H12FNO3. The number of likely N-dealkylation sites (tertiary alicyclic amines) is 1. The maximum atomic E-state index is 12.7. The van der Waals surface area contributed by atoms with Gasteiger partial charge in [-0.25, -0.2) is 4.39 Å². The van der Waals surface area contributed by atoms with Gasteiger partial charge in [-0.2, -0.15) is 0 Å². The minimum Gasteiger partial charge on any atom is -0.387 e. The lowest BCUT2D eigenvalue weighted by Crippen LogP contribution is -2.58. The van der Waals surface area contributed by atoms with E-state index in [0.29, 0.717) is 0 Å². The smallest absolute Gasteiger partial charge is 0.141 e. The predicted molar refractivity (Wildman–Crippen MR) is 35.5 cm³/mol. The Morgan fingerprint density at radius 2 is 1.82 bits per heavy atom. The van der Waals surface area contributed by atoms with Crippen LogP contribution in [0.5, 0.6) is 0 Å². The zero-order valence-corrected chi connectivity index (χ0v) is 6.18. The molecule has 0 aliphatic carbocycles. The fourth-order valence-electron chi connectivity index (χ4n) is 1.14. The molecule has 1 rings (SSSR count). The van der Waals surface area contributed by atoms with E-state index in [1.807, 2.05) is 0 Å². The molecule has 0 aromatic rings. The van der Waals surface area contributed by atoms with Crippen LogP contribution in [-0.4, -0.2) is 58.4 Å². The molecule has 11 heavy (non-hydrogen) atoms. The van der Waals surface area contributed by atoms with E-state index in [2.05, 4.69) is 0 Å². The summed E-state index contributed by atoms with van der Waals surface area (Å²) in [6.45, 7) is -0.0562. The molecule has 4 nitrogen and oxygen atoms in total. The van der Waals surface area contributed by atoms with Gasteiger partial charge in [-0.05, 0) is 7.05 Å². The monoisotopic (exact) mass is 165 g/mol. The number of likely N-dealkylation sites (N-methyl/N-ethyl adjacent to an activating group) is 1. The van der Waals surface area contributed by atoms with Crippen LogP contribution < -0.4 is 0 Å². The molecule has 1 fully saturated rings. The summed E-state index contributed by atoms with van der Waals surface area (Å²) in [6, 6.07) is 0. The van der Waals surface area contributed by atoms with Crippen LogP contribution in [0, 0.1) is 0 Å². The summed E-state index contributed by atoms with van der Waals surface area (Å²) in [5, 5.41) is 27.0. The molecule has 1 aliphatic heterocycles. The zero-order valence-electron chi connectivity index (χ0n) is 6.18. The van der Waals surface area contributed by atoms with Crippen LogP contribution in [0.15, 0.2) is 0 Å². The van der Waals surface area contributed by atoms with E-state index >= 15 is 0 Å². The number of halogens is 1. The minimum absolute atomic E-state index is 0.0562. The van der Waals surface area contributed by atoms with Crippen LogP contribution in [0.3, 0.4) is 0 Å². The van der Waals surface area contributed by atoms with Crippen molar-refractivity contribution in [2.75, 3.05) is 13.6 Å². The lowest BCUT2D eigenvalue weighted by atomic mass is 10.0. The van der Waals surface area contributed by atoms with E-state index < -0.39 is 24.6 Å². The Balaban J connectivity index is 2.63. The number of piperidine rings is 1. The third kappa shape index (κ3) is 1.51. The Bertz CT molecular complexity index is 132. The van der Waals surface area contributed by atoms with Gasteiger partial charge < -0.3 is 15.3 Å². The zero-order chi connectivity index (χ0) is 8.59. The molecule has 4 unspecified atom stereocenters. The fourth-order valence-corrected chi connectivity index (χ4v) is 1.14. The molecule has 66 valence electrons. The Morgan fingerprint density at radius 1 is 1.27 bits per heavy atom. The Kier molecular flexibility index (Phi) is 2.43. The van der Waals surface area contributed by atoms with Gasteiger partial charge in [-0.1, -0.05) is 0 Å². The summed E-state index contributed by atoms with van der Waals surface area (Å²) < 4.78 is 12.7. The van der Waals surface area contributed by atoms with Gasteiger partial charge in [0.1, 0.15) is 24.6 Å². The number of hydrogen-bond donors (Lipinski definition) is 3. The second-order valence-electron chi connectivity index (χ2n) is 2.85. The molecule has 0 bridgehead atoms. The van der Waals surface area contributed by atoms with E-state index in [4.69, 9.17) is 15.3 Å². The first kappa shape index (κ1) is 8.86. The fraction of sp³-hybridized carbons (Fsp3) is 1.00. The molecule has 3 N–H and O–H groups in total. The van der Waals surface area contributed by atoms with E-state index in [0.717, 1.165) is 0 Å². The van der Waals surface area contributed by atoms with Gasteiger partial charge in [0.15, 0.2) is 0 Å². The topological polar surface area (TPSA) is 63.9 Å². The number of hydrogen-bond acceptors (Lipinski definition) is 4. The van der Waals surface area contributed by atoms with Crippen molar-refractivity contribution in [3.8, 4) is 0 Å². The van der Waals surface area contributed by atoms with Gasteiger partial charge in [-0.15, -0.1) is 0 Å². The van der Waals surface area contributed by atoms with Crippen LogP contribution in [-0.2, 0) is 0 Å².